The third-order valence-electron chi connectivity index (χ3n) is 6.66. The molecule has 2 aromatic rings. The molecule has 2 aromatic carbocycles. The van der Waals surface area contributed by atoms with Crippen molar-refractivity contribution in [3.63, 3.8) is 0 Å². The molecule has 2 heterocycles. The first-order valence-electron chi connectivity index (χ1n) is 11.9. The van der Waals surface area contributed by atoms with Crippen LogP contribution in [0.5, 0.6) is 0 Å². The van der Waals surface area contributed by atoms with Gasteiger partial charge in [0.05, 0.1) is 12.7 Å². The zero-order valence-corrected chi connectivity index (χ0v) is 20.1. The van der Waals surface area contributed by atoms with Crippen molar-refractivity contribution < 1.29 is 14.3 Å². The smallest absolute Gasteiger partial charge is 0.248 e. The Bertz CT molecular complexity index is 1040. The van der Waals surface area contributed by atoms with Crippen molar-refractivity contribution >= 4 is 23.6 Å². The Labute approximate surface area is 201 Å². The third kappa shape index (κ3) is 5.85. The van der Waals surface area contributed by atoms with Gasteiger partial charge >= 0.3 is 0 Å². The number of likely N-dealkylation sites (N-methyl/N-ethyl adjacent to an activating group) is 1. The van der Waals surface area contributed by atoms with E-state index in [1.54, 1.807) is 37.2 Å². The van der Waals surface area contributed by atoms with Crippen molar-refractivity contribution in [1.82, 2.24) is 9.80 Å². The molecule has 4 rings (SSSR count). The maximum Gasteiger partial charge on any atom is 0.248 e. The molecule has 34 heavy (non-hydrogen) atoms. The van der Waals surface area contributed by atoms with Crippen LogP contribution in [0.1, 0.15) is 39.6 Å². The number of primary amides is 1. The van der Waals surface area contributed by atoms with Crippen LogP contribution in [0.15, 0.2) is 48.5 Å². The van der Waals surface area contributed by atoms with Gasteiger partial charge in [-0.3, -0.25) is 14.5 Å². The van der Waals surface area contributed by atoms with Crippen molar-refractivity contribution in [2.24, 2.45) is 5.73 Å². The number of ether oxygens (including phenoxy) is 1. The van der Waals surface area contributed by atoms with Gasteiger partial charge < -0.3 is 20.3 Å². The summed E-state index contributed by atoms with van der Waals surface area (Å²) in [6.07, 6.45) is 5.49. The quantitative estimate of drug-likeness (QED) is 0.640. The summed E-state index contributed by atoms with van der Waals surface area (Å²) in [6.45, 7) is 5.65. The van der Waals surface area contributed by atoms with E-state index >= 15 is 0 Å². The highest BCUT2D eigenvalue weighted by Crippen LogP contribution is 2.31. The number of anilines is 1. The van der Waals surface area contributed by atoms with Gasteiger partial charge in [0.15, 0.2) is 0 Å². The van der Waals surface area contributed by atoms with E-state index in [1.165, 1.54) is 11.1 Å². The van der Waals surface area contributed by atoms with E-state index in [4.69, 9.17) is 10.5 Å². The number of hydrogen-bond donors (Lipinski definition) is 1. The minimum absolute atomic E-state index is 0.0123. The third-order valence-corrected chi connectivity index (χ3v) is 6.66. The van der Waals surface area contributed by atoms with Gasteiger partial charge in [-0.15, -0.1) is 0 Å². The predicted octanol–water partition coefficient (Wildman–Crippen LogP) is 2.71. The summed E-state index contributed by atoms with van der Waals surface area (Å²) in [5.74, 6) is -0.406. The number of carbonyl (C=O) groups excluding carboxylic acids is 2. The summed E-state index contributed by atoms with van der Waals surface area (Å²) in [5, 5.41) is 0. The second-order valence-electron chi connectivity index (χ2n) is 9.16. The van der Waals surface area contributed by atoms with E-state index < -0.39 is 5.91 Å². The number of amides is 2. The number of carbonyl (C=O) groups is 2. The van der Waals surface area contributed by atoms with Crippen molar-refractivity contribution in [2.75, 3.05) is 58.3 Å². The molecule has 7 heteroatoms. The lowest BCUT2D eigenvalue weighted by molar-refractivity contribution is -0.123. The number of benzene rings is 2. The molecule has 2 aliphatic heterocycles. The van der Waals surface area contributed by atoms with E-state index in [0.29, 0.717) is 5.56 Å². The Kier molecular flexibility index (Phi) is 7.65. The van der Waals surface area contributed by atoms with Gasteiger partial charge in [0, 0.05) is 64.1 Å². The van der Waals surface area contributed by atoms with Gasteiger partial charge in [0.1, 0.15) is 0 Å². The molecule has 2 N–H and O–H groups in total. The van der Waals surface area contributed by atoms with Crippen molar-refractivity contribution in [1.29, 1.82) is 0 Å². The van der Waals surface area contributed by atoms with Gasteiger partial charge in [0.2, 0.25) is 11.8 Å². The largest absolute Gasteiger partial charge is 0.373 e. The van der Waals surface area contributed by atoms with Crippen LogP contribution in [-0.2, 0) is 16.0 Å². The molecule has 7 nitrogen and oxygen atoms in total. The fraction of sp³-hybridized carbons (Fsp3) is 0.407. The molecule has 0 radical (unpaired) electrons. The van der Waals surface area contributed by atoms with Crippen LogP contribution in [0.2, 0.25) is 0 Å². The van der Waals surface area contributed by atoms with Gasteiger partial charge in [-0.2, -0.15) is 0 Å². The molecule has 0 aliphatic carbocycles. The van der Waals surface area contributed by atoms with Crippen molar-refractivity contribution in [3.8, 4) is 0 Å². The first kappa shape index (κ1) is 24.0. The van der Waals surface area contributed by atoms with E-state index in [9.17, 15) is 9.59 Å². The minimum atomic E-state index is -0.394. The van der Waals surface area contributed by atoms with Gasteiger partial charge in [-0.05, 0) is 59.9 Å². The molecule has 2 aliphatic rings. The lowest BCUT2D eigenvalue weighted by Crippen LogP contribution is -2.47. The van der Waals surface area contributed by atoms with Crippen LogP contribution in [0.3, 0.4) is 0 Å². The molecule has 1 atom stereocenters. The fourth-order valence-electron chi connectivity index (χ4n) is 4.58. The van der Waals surface area contributed by atoms with E-state index in [0.717, 1.165) is 63.4 Å². The number of rotatable bonds is 7. The number of fused-ring (bicyclic) bond motifs is 1. The van der Waals surface area contributed by atoms with Gasteiger partial charge in [0.25, 0.3) is 0 Å². The maximum atomic E-state index is 11.8. The SMILES string of the molecule is CN(C)C(=O)C=Cc1ccc2c(c1)CCOC2CCN1CCN(c2ccc(C(N)=O)cc2)CC1. The Morgan fingerprint density at radius 3 is 2.50 bits per heavy atom. The Balaban J connectivity index is 1.29. The second-order valence-corrected chi connectivity index (χ2v) is 9.16. The lowest BCUT2D eigenvalue weighted by atomic mass is 9.93. The number of piperazine rings is 1. The van der Waals surface area contributed by atoms with E-state index in [2.05, 4.69) is 28.0 Å². The molecule has 1 fully saturated rings. The highest BCUT2D eigenvalue weighted by Gasteiger charge is 2.23. The summed E-state index contributed by atoms with van der Waals surface area (Å²) >= 11 is 0. The average molecular weight is 463 g/mol. The number of nitrogens with zero attached hydrogens (tertiary/aromatic N) is 3. The Morgan fingerprint density at radius 1 is 1.09 bits per heavy atom. The maximum absolute atomic E-state index is 11.8. The molecule has 0 bridgehead atoms. The van der Waals surface area contributed by atoms with E-state index in [-0.39, 0.29) is 12.0 Å². The zero-order chi connectivity index (χ0) is 24.1. The summed E-state index contributed by atoms with van der Waals surface area (Å²) < 4.78 is 6.13. The normalized spacial score (nSPS) is 18.6. The molecule has 180 valence electrons. The topological polar surface area (TPSA) is 79.1 Å². The average Bonchev–Trinajstić information content (AvgIpc) is 2.86. The molecule has 0 saturated carbocycles. The van der Waals surface area contributed by atoms with Gasteiger partial charge in [-0.25, -0.2) is 0 Å². The summed E-state index contributed by atoms with van der Waals surface area (Å²) in [6, 6.07) is 14.0. The molecule has 1 saturated heterocycles. The molecule has 2 amide bonds. The van der Waals surface area contributed by atoms with Crippen LogP contribution >= 0.6 is 0 Å². The molecule has 0 aromatic heterocycles. The Hall–Kier alpha value is -3.16. The van der Waals surface area contributed by atoms with Crippen LogP contribution in [0, 0.1) is 0 Å². The molecule has 0 spiro atoms. The lowest BCUT2D eigenvalue weighted by Gasteiger charge is -2.37. The second kappa shape index (κ2) is 10.8. The van der Waals surface area contributed by atoms with Crippen molar-refractivity contribution in [3.05, 3.63) is 70.8 Å². The monoisotopic (exact) mass is 462 g/mol. The first-order valence-corrected chi connectivity index (χ1v) is 11.9. The summed E-state index contributed by atoms with van der Waals surface area (Å²) in [4.78, 5) is 29.5. The summed E-state index contributed by atoms with van der Waals surface area (Å²) in [5.41, 5.74) is 10.7. The van der Waals surface area contributed by atoms with Crippen LogP contribution in [0.25, 0.3) is 6.08 Å². The van der Waals surface area contributed by atoms with Crippen molar-refractivity contribution in [2.45, 2.75) is 18.9 Å². The first-order chi connectivity index (χ1) is 16.4. The highest BCUT2D eigenvalue weighted by atomic mass is 16.5. The standard InChI is InChI=1S/C27H34N4O3/c1-29(2)26(32)10-4-20-3-9-24-22(19-20)12-18-34-25(24)11-13-30-14-16-31(17-15-30)23-7-5-21(6-8-23)27(28)33/h3-10,19,25H,11-18H2,1-2H3,(H2,28,33). The van der Waals surface area contributed by atoms with Crippen LogP contribution in [0.4, 0.5) is 5.69 Å². The minimum Gasteiger partial charge on any atom is -0.373 e. The van der Waals surface area contributed by atoms with E-state index in [1.807, 2.05) is 18.2 Å². The zero-order valence-electron chi connectivity index (χ0n) is 20.1. The molecular weight excluding hydrogens is 428 g/mol. The number of nitrogens with two attached hydrogens (primary N) is 1. The van der Waals surface area contributed by atoms with Crippen LogP contribution in [-0.4, -0.2) is 75.0 Å². The number of hydrogen-bond acceptors (Lipinski definition) is 5. The highest BCUT2D eigenvalue weighted by molar-refractivity contribution is 5.93. The summed E-state index contributed by atoms with van der Waals surface area (Å²) in [7, 11) is 3.51. The van der Waals surface area contributed by atoms with Crippen LogP contribution < -0.4 is 10.6 Å². The fourth-order valence-corrected chi connectivity index (χ4v) is 4.58. The molecular formula is C27H34N4O3. The van der Waals surface area contributed by atoms with Gasteiger partial charge in [-0.1, -0.05) is 18.2 Å². The predicted molar refractivity (Wildman–Crippen MR) is 135 cm³/mol. The molecule has 1 unspecified atom stereocenters. The Morgan fingerprint density at radius 2 is 1.82 bits per heavy atom.